The lowest BCUT2D eigenvalue weighted by molar-refractivity contribution is 0.102. The topological polar surface area (TPSA) is 54.9 Å². The average molecular weight is 355 g/mol. The highest BCUT2D eigenvalue weighted by Gasteiger charge is 2.15. The molecule has 1 N–H and O–H groups in total. The van der Waals surface area contributed by atoms with E-state index >= 15 is 0 Å². The molecule has 0 atom stereocenters. The number of amides is 1. The van der Waals surface area contributed by atoms with Gasteiger partial charge in [0.15, 0.2) is 5.13 Å². The SMILES string of the molecule is Cc1ccc(Sc2ncccc2C(=O)Nc2ncc(C)s2)c(C)c1. The number of anilines is 1. The first-order chi connectivity index (χ1) is 11.5. The number of carbonyl (C=O) groups is 1. The van der Waals surface area contributed by atoms with E-state index in [1.165, 1.54) is 34.2 Å². The van der Waals surface area contributed by atoms with Crippen LogP contribution in [-0.4, -0.2) is 15.9 Å². The minimum atomic E-state index is -0.190. The molecule has 0 saturated heterocycles. The largest absolute Gasteiger partial charge is 0.298 e. The minimum Gasteiger partial charge on any atom is -0.298 e. The Morgan fingerprint density at radius 2 is 2.00 bits per heavy atom. The number of carbonyl (C=O) groups excluding carboxylic acids is 1. The molecule has 0 aliphatic heterocycles. The summed E-state index contributed by atoms with van der Waals surface area (Å²) < 4.78 is 0. The average Bonchev–Trinajstić information content (AvgIpc) is 2.95. The highest BCUT2D eigenvalue weighted by Crippen LogP contribution is 2.32. The van der Waals surface area contributed by atoms with Crippen LogP contribution in [-0.2, 0) is 0 Å². The zero-order valence-corrected chi connectivity index (χ0v) is 15.3. The fraction of sp³-hybridized carbons (Fsp3) is 0.167. The van der Waals surface area contributed by atoms with Gasteiger partial charge in [-0.15, -0.1) is 11.3 Å². The maximum atomic E-state index is 12.6. The lowest BCUT2D eigenvalue weighted by Crippen LogP contribution is -2.13. The Bertz CT molecular complexity index is 889. The molecule has 3 aromatic rings. The van der Waals surface area contributed by atoms with Gasteiger partial charge in [0.1, 0.15) is 5.03 Å². The summed E-state index contributed by atoms with van der Waals surface area (Å²) in [4.78, 5) is 23.3. The van der Waals surface area contributed by atoms with Crippen LogP contribution >= 0.6 is 23.1 Å². The van der Waals surface area contributed by atoms with E-state index in [0.717, 1.165) is 9.77 Å². The van der Waals surface area contributed by atoms with Crippen molar-refractivity contribution in [2.45, 2.75) is 30.7 Å². The predicted molar refractivity (Wildman–Crippen MR) is 99.1 cm³/mol. The van der Waals surface area contributed by atoms with Crippen molar-refractivity contribution in [3.8, 4) is 0 Å². The van der Waals surface area contributed by atoms with Crippen molar-refractivity contribution in [1.29, 1.82) is 0 Å². The molecule has 0 bridgehead atoms. The van der Waals surface area contributed by atoms with E-state index in [1.54, 1.807) is 24.5 Å². The molecule has 0 aliphatic carbocycles. The van der Waals surface area contributed by atoms with Crippen LogP contribution in [0.5, 0.6) is 0 Å². The van der Waals surface area contributed by atoms with Gasteiger partial charge in [0.05, 0.1) is 5.56 Å². The Labute approximate surface area is 149 Å². The second-order valence-corrected chi connectivity index (χ2v) is 7.72. The first-order valence-electron chi connectivity index (χ1n) is 7.47. The van der Waals surface area contributed by atoms with Gasteiger partial charge >= 0.3 is 0 Å². The lowest BCUT2D eigenvalue weighted by Gasteiger charge is -2.09. The molecule has 2 aromatic heterocycles. The summed E-state index contributed by atoms with van der Waals surface area (Å²) in [5.41, 5.74) is 2.94. The van der Waals surface area contributed by atoms with Crippen LogP contribution in [0, 0.1) is 20.8 Å². The molecule has 0 spiro atoms. The van der Waals surface area contributed by atoms with Gasteiger partial charge in [0.25, 0.3) is 5.91 Å². The molecule has 0 unspecified atom stereocenters. The van der Waals surface area contributed by atoms with Gasteiger partial charge < -0.3 is 0 Å². The second-order valence-electron chi connectivity index (χ2n) is 5.46. The maximum absolute atomic E-state index is 12.6. The smallest absolute Gasteiger partial charge is 0.260 e. The number of benzene rings is 1. The fourth-order valence-electron chi connectivity index (χ4n) is 2.24. The van der Waals surface area contributed by atoms with Gasteiger partial charge in [0.2, 0.25) is 0 Å². The molecular weight excluding hydrogens is 338 g/mol. The fourth-order valence-corrected chi connectivity index (χ4v) is 3.85. The summed E-state index contributed by atoms with van der Waals surface area (Å²) in [5.74, 6) is -0.190. The number of pyridine rings is 1. The Morgan fingerprint density at radius 3 is 2.71 bits per heavy atom. The molecule has 0 saturated carbocycles. The standard InChI is InChI=1S/C18H17N3OS2/c1-11-6-7-15(12(2)9-11)24-17-14(5-4-8-19-17)16(22)21-18-20-10-13(3)23-18/h4-10H,1-3H3,(H,20,21,22). The predicted octanol–water partition coefficient (Wildman–Crippen LogP) is 4.87. The Kier molecular flexibility index (Phi) is 4.97. The number of hydrogen-bond acceptors (Lipinski definition) is 5. The zero-order valence-electron chi connectivity index (χ0n) is 13.7. The highest BCUT2D eigenvalue weighted by molar-refractivity contribution is 7.99. The third-order valence-electron chi connectivity index (χ3n) is 3.39. The normalized spacial score (nSPS) is 10.6. The number of aromatic nitrogens is 2. The van der Waals surface area contributed by atoms with Crippen LogP contribution in [0.1, 0.15) is 26.4 Å². The monoisotopic (exact) mass is 355 g/mol. The number of aryl methyl sites for hydroxylation is 3. The van der Waals surface area contributed by atoms with Crippen molar-refractivity contribution in [2.24, 2.45) is 0 Å². The van der Waals surface area contributed by atoms with Gasteiger partial charge in [0, 0.05) is 22.2 Å². The van der Waals surface area contributed by atoms with Crippen molar-refractivity contribution in [2.75, 3.05) is 5.32 Å². The van der Waals surface area contributed by atoms with Crippen LogP contribution in [0.3, 0.4) is 0 Å². The summed E-state index contributed by atoms with van der Waals surface area (Å²) >= 11 is 2.96. The summed E-state index contributed by atoms with van der Waals surface area (Å²) in [6, 6.07) is 9.82. The van der Waals surface area contributed by atoms with E-state index < -0.39 is 0 Å². The van der Waals surface area contributed by atoms with E-state index in [2.05, 4.69) is 47.3 Å². The molecule has 4 nitrogen and oxygen atoms in total. The number of nitrogens with zero attached hydrogens (tertiary/aromatic N) is 2. The summed E-state index contributed by atoms with van der Waals surface area (Å²) in [6.07, 6.45) is 3.45. The van der Waals surface area contributed by atoms with E-state index in [1.807, 2.05) is 6.92 Å². The Balaban J connectivity index is 1.86. The van der Waals surface area contributed by atoms with Crippen molar-refractivity contribution in [3.63, 3.8) is 0 Å². The lowest BCUT2D eigenvalue weighted by atomic mass is 10.2. The first-order valence-corrected chi connectivity index (χ1v) is 9.10. The number of thiazole rings is 1. The summed E-state index contributed by atoms with van der Waals surface area (Å²) in [5, 5.41) is 4.13. The molecule has 1 aromatic carbocycles. The van der Waals surface area contributed by atoms with Crippen molar-refractivity contribution in [1.82, 2.24) is 9.97 Å². The number of nitrogens with one attached hydrogen (secondary N) is 1. The molecule has 0 radical (unpaired) electrons. The van der Waals surface area contributed by atoms with Crippen molar-refractivity contribution >= 4 is 34.1 Å². The van der Waals surface area contributed by atoms with Gasteiger partial charge in [-0.2, -0.15) is 0 Å². The molecule has 3 rings (SSSR count). The summed E-state index contributed by atoms with van der Waals surface area (Å²) in [7, 11) is 0. The van der Waals surface area contributed by atoms with Crippen molar-refractivity contribution < 1.29 is 4.79 Å². The molecule has 6 heteroatoms. The van der Waals surface area contributed by atoms with E-state index in [4.69, 9.17) is 0 Å². The molecule has 1 amide bonds. The van der Waals surface area contributed by atoms with E-state index in [0.29, 0.717) is 15.7 Å². The van der Waals surface area contributed by atoms with Gasteiger partial charge in [-0.1, -0.05) is 29.5 Å². The van der Waals surface area contributed by atoms with Crippen molar-refractivity contribution in [3.05, 3.63) is 64.3 Å². The van der Waals surface area contributed by atoms with E-state index in [9.17, 15) is 4.79 Å². The zero-order chi connectivity index (χ0) is 17.1. The molecule has 0 aliphatic rings. The Hall–Kier alpha value is -2.18. The highest BCUT2D eigenvalue weighted by atomic mass is 32.2. The summed E-state index contributed by atoms with van der Waals surface area (Å²) in [6.45, 7) is 6.09. The van der Waals surface area contributed by atoms with Crippen LogP contribution in [0.4, 0.5) is 5.13 Å². The Morgan fingerprint density at radius 1 is 1.17 bits per heavy atom. The molecule has 24 heavy (non-hydrogen) atoms. The maximum Gasteiger partial charge on any atom is 0.260 e. The second kappa shape index (κ2) is 7.15. The van der Waals surface area contributed by atoms with Gasteiger partial charge in [-0.3, -0.25) is 10.1 Å². The first kappa shape index (κ1) is 16.7. The van der Waals surface area contributed by atoms with Crippen LogP contribution < -0.4 is 5.32 Å². The molecule has 122 valence electrons. The molecular formula is C18H17N3OS2. The molecule has 2 heterocycles. The third-order valence-corrected chi connectivity index (χ3v) is 5.42. The van der Waals surface area contributed by atoms with E-state index in [-0.39, 0.29) is 5.91 Å². The van der Waals surface area contributed by atoms with Crippen LogP contribution in [0.15, 0.2) is 52.6 Å². The number of hydrogen-bond donors (Lipinski definition) is 1. The van der Waals surface area contributed by atoms with Gasteiger partial charge in [-0.25, -0.2) is 9.97 Å². The van der Waals surface area contributed by atoms with Crippen LogP contribution in [0.25, 0.3) is 0 Å². The number of rotatable bonds is 4. The third kappa shape index (κ3) is 3.83. The minimum absolute atomic E-state index is 0.190. The molecule has 0 fully saturated rings. The van der Waals surface area contributed by atoms with Gasteiger partial charge in [-0.05, 0) is 44.5 Å². The van der Waals surface area contributed by atoms with Crippen LogP contribution in [0.2, 0.25) is 0 Å². The quantitative estimate of drug-likeness (QED) is 0.725.